The first-order valence-electron chi connectivity index (χ1n) is 5.15. The third kappa shape index (κ3) is 3.55. The van der Waals surface area contributed by atoms with E-state index in [0.29, 0.717) is 0 Å². The Labute approximate surface area is 110 Å². The fourth-order valence-corrected chi connectivity index (χ4v) is 2.03. The molecule has 0 saturated carbocycles. The molecule has 1 aromatic carbocycles. The van der Waals surface area contributed by atoms with Crippen molar-refractivity contribution in [1.82, 2.24) is 10.2 Å². The standard InChI is InChI=1S/C11H8FN3O3S/c12-7-3-1-2-6(4-7)10(18)13-11-15-14-8(19-11)5-9(16)17/h1-4H,5H2,(H,16,17)(H,13,15,18). The van der Waals surface area contributed by atoms with Crippen molar-refractivity contribution in [3.8, 4) is 0 Å². The Morgan fingerprint density at radius 3 is 2.84 bits per heavy atom. The molecule has 1 aromatic heterocycles. The first kappa shape index (κ1) is 13.1. The van der Waals surface area contributed by atoms with Crippen LogP contribution >= 0.6 is 11.3 Å². The van der Waals surface area contributed by atoms with Crippen LogP contribution in [0, 0.1) is 5.82 Å². The number of carbonyl (C=O) groups excluding carboxylic acids is 1. The molecule has 0 bridgehead atoms. The van der Waals surface area contributed by atoms with Crippen LogP contribution in [0.2, 0.25) is 0 Å². The van der Waals surface area contributed by atoms with Crippen LogP contribution in [0.4, 0.5) is 9.52 Å². The number of nitrogens with one attached hydrogen (secondary N) is 1. The van der Waals surface area contributed by atoms with Crippen molar-refractivity contribution in [3.05, 3.63) is 40.7 Å². The van der Waals surface area contributed by atoms with Crippen LogP contribution in [0.5, 0.6) is 0 Å². The van der Waals surface area contributed by atoms with Gasteiger partial charge in [0.1, 0.15) is 10.8 Å². The zero-order chi connectivity index (χ0) is 13.8. The van der Waals surface area contributed by atoms with Crippen LogP contribution in [-0.2, 0) is 11.2 Å². The van der Waals surface area contributed by atoms with Crippen LogP contribution in [0.25, 0.3) is 0 Å². The van der Waals surface area contributed by atoms with E-state index in [2.05, 4.69) is 15.5 Å². The Balaban J connectivity index is 2.06. The summed E-state index contributed by atoms with van der Waals surface area (Å²) >= 11 is 0.960. The summed E-state index contributed by atoms with van der Waals surface area (Å²) in [6.45, 7) is 0. The normalized spacial score (nSPS) is 10.2. The van der Waals surface area contributed by atoms with Crippen LogP contribution in [-0.4, -0.2) is 27.2 Å². The highest BCUT2D eigenvalue weighted by atomic mass is 32.1. The molecule has 1 amide bonds. The lowest BCUT2D eigenvalue weighted by Gasteiger charge is -2.00. The first-order chi connectivity index (χ1) is 9.04. The lowest BCUT2D eigenvalue weighted by Crippen LogP contribution is -2.11. The second kappa shape index (κ2) is 5.53. The number of hydrogen-bond donors (Lipinski definition) is 2. The van der Waals surface area contributed by atoms with Gasteiger partial charge < -0.3 is 5.11 Å². The van der Waals surface area contributed by atoms with Crippen molar-refractivity contribution in [2.45, 2.75) is 6.42 Å². The number of halogens is 1. The van der Waals surface area contributed by atoms with Crippen LogP contribution in [0.15, 0.2) is 24.3 Å². The first-order valence-corrected chi connectivity index (χ1v) is 5.97. The zero-order valence-corrected chi connectivity index (χ0v) is 10.3. The molecule has 0 atom stereocenters. The Morgan fingerprint density at radius 1 is 1.37 bits per heavy atom. The van der Waals surface area contributed by atoms with E-state index in [1.807, 2.05) is 0 Å². The zero-order valence-electron chi connectivity index (χ0n) is 9.46. The fourth-order valence-electron chi connectivity index (χ4n) is 1.30. The van der Waals surface area contributed by atoms with E-state index in [-0.39, 0.29) is 22.1 Å². The van der Waals surface area contributed by atoms with Gasteiger partial charge in [-0.15, -0.1) is 10.2 Å². The highest BCUT2D eigenvalue weighted by molar-refractivity contribution is 7.15. The second-order valence-electron chi connectivity index (χ2n) is 3.54. The summed E-state index contributed by atoms with van der Waals surface area (Å²) in [5, 5.41) is 18.7. The maximum Gasteiger partial charge on any atom is 0.310 e. The number of aromatic nitrogens is 2. The molecule has 19 heavy (non-hydrogen) atoms. The number of carbonyl (C=O) groups is 2. The molecular formula is C11H8FN3O3S. The quantitative estimate of drug-likeness (QED) is 0.887. The van der Waals surface area contributed by atoms with Gasteiger partial charge in [0.2, 0.25) is 5.13 Å². The third-order valence-corrected chi connectivity index (χ3v) is 2.92. The number of amides is 1. The number of anilines is 1. The topological polar surface area (TPSA) is 92.2 Å². The van der Waals surface area contributed by atoms with Gasteiger partial charge in [0.15, 0.2) is 0 Å². The number of carboxylic acids is 1. The number of nitrogens with zero attached hydrogens (tertiary/aromatic N) is 2. The van der Waals surface area contributed by atoms with Crippen molar-refractivity contribution in [1.29, 1.82) is 0 Å². The highest BCUT2D eigenvalue weighted by Gasteiger charge is 2.12. The molecule has 0 radical (unpaired) electrons. The molecule has 0 fully saturated rings. The van der Waals surface area contributed by atoms with Gasteiger partial charge in [0.25, 0.3) is 5.91 Å². The lowest BCUT2D eigenvalue weighted by atomic mass is 10.2. The number of rotatable bonds is 4. The average Bonchev–Trinajstić information content (AvgIpc) is 2.75. The van der Waals surface area contributed by atoms with Crippen molar-refractivity contribution in [2.24, 2.45) is 0 Å². The predicted molar refractivity (Wildman–Crippen MR) is 65.6 cm³/mol. The van der Waals surface area contributed by atoms with Crippen molar-refractivity contribution in [3.63, 3.8) is 0 Å². The van der Waals surface area contributed by atoms with Crippen molar-refractivity contribution in [2.75, 3.05) is 5.32 Å². The Hall–Kier alpha value is -2.35. The Kier molecular flexibility index (Phi) is 3.81. The summed E-state index contributed by atoms with van der Waals surface area (Å²) in [7, 11) is 0. The fraction of sp³-hybridized carbons (Fsp3) is 0.0909. The maximum atomic E-state index is 12.9. The maximum absolute atomic E-state index is 12.9. The van der Waals surface area contributed by atoms with Crippen LogP contribution < -0.4 is 5.32 Å². The van der Waals surface area contributed by atoms with Crippen molar-refractivity contribution < 1.29 is 19.1 Å². The molecule has 1 heterocycles. The SMILES string of the molecule is O=C(O)Cc1nnc(NC(=O)c2cccc(F)c2)s1. The Bertz CT molecular complexity index is 629. The lowest BCUT2D eigenvalue weighted by molar-refractivity contribution is -0.136. The minimum Gasteiger partial charge on any atom is -0.481 e. The summed E-state index contributed by atoms with van der Waals surface area (Å²) in [4.78, 5) is 22.2. The largest absolute Gasteiger partial charge is 0.481 e. The monoisotopic (exact) mass is 281 g/mol. The summed E-state index contributed by atoms with van der Waals surface area (Å²) in [5.74, 6) is -2.08. The van der Waals surface area contributed by atoms with E-state index < -0.39 is 17.7 Å². The summed E-state index contributed by atoms with van der Waals surface area (Å²) in [6, 6.07) is 5.19. The van der Waals surface area contributed by atoms with E-state index in [9.17, 15) is 14.0 Å². The molecule has 98 valence electrons. The molecule has 0 aliphatic carbocycles. The van der Waals surface area contributed by atoms with Gasteiger partial charge in [-0.3, -0.25) is 14.9 Å². The second-order valence-corrected chi connectivity index (χ2v) is 4.60. The van der Waals surface area contributed by atoms with Crippen molar-refractivity contribution >= 4 is 28.3 Å². The van der Waals surface area contributed by atoms with Gasteiger partial charge in [-0.25, -0.2) is 4.39 Å². The third-order valence-electron chi connectivity index (χ3n) is 2.08. The minimum absolute atomic E-state index is 0.148. The average molecular weight is 281 g/mol. The van der Waals surface area contributed by atoms with Crippen LogP contribution in [0.1, 0.15) is 15.4 Å². The minimum atomic E-state index is -1.03. The van der Waals surface area contributed by atoms with Gasteiger partial charge >= 0.3 is 5.97 Å². The molecule has 2 N–H and O–H groups in total. The molecule has 2 rings (SSSR count). The van der Waals surface area contributed by atoms with E-state index in [1.165, 1.54) is 18.2 Å². The van der Waals surface area contributed by atoms with Gasteiger partial charge in [-0.2, -0.15) is 0 Å². The number of hydrogen-bond acceptors (Lipinski definition) is 5. The van der Waals surface area contributed by atoms with Crippen LogP contribution in [0.3, 0.4) is 0 Å². The summed E-state index contributed by atoms with van der Waals surface area (Å²) < 4.78 is 12.9. The smallest absolute Gasteiger partial charge is 0.310 e. The van der Waals surface area contributed by atoms with E-state index in [1.54, 1.807) is 0 Å². The van der Waals surface area contributed by atoms with Gasteiger partial charge in [0, 0.05) is 5.56 Å². The predicted octanol–water partition coefficient (Wildman–Crippen LogP) is 1.56. The highest BCUT2D eigenvalue weighted by Crippen LogP contribution is 2.16. The molecule has 0 saturated heterocycles. The van der Waals surface area contributed by atoms with E-state index in [4.69, 9.17) is 5.11 Å². The van der Waals surface area contributed by atoms with E-state index >= 15 is 0 Å². The molecular weight excluding hydrogens is 273 g/mol. The molecule has 8 heteroatoms. The van der Waals surface area contributed by atoms with E-state index in [0.717, 1.165) is 17.4 Å². The molecule has 0 unspecified atom stereocenters. The number of benzene rings is 1. The number of aliphatic carboxylic acids is 1. The van der Waals surface area contributed by atoms with Gasteiger partial charge in [-0.05, 0) is 18.2 Å². The molecule has 0 aliphatic rings. The molecule has 0 spiro atoms. The summed E-state index contributed by atoms with van der Waals surface area (Å²) in [6.07, 6.45) is -0.256. The Morgan fingerprint density at radius 2 is 2.16 bits per heavy atom. The molecule has 0 aliphatic heterocycles. The molecule has 6 nitrogen and oxygen atoms in total. The van der Waals surface area contributed by atoms with Gasteiger partial charge in [0.05, 0.1) is 6.42 Å². The summed E-state index contributed by atoms with van der Waals surface area (Å²) in [5.41, 5.74) is 0.148. The number of carboxylic acid groups (broad SMARTS) is 1. The van der Waals surface area contributed by atoms with Gasteiger partial charge in [-0.1, -0.05) is 17.4 Å². The molecule has 2 aromatic rings.